The van der Waals surface area contributed by atoms with Crippen LogP contribution < -0.4 is 0 Å². The van der Waals surface area contributed by atoms with E-state index in [1.165, 1.54) is 17.0 Å². The van der Waals surface area contributed by atoms with E-state index in [4.69, 9.17) is 4.74 Å². The molecule has 1 amide bonds. The van der Waals surface area contributed by atoms with Crippen molar-refractivity contribution in [2.75, 3.05) is 13.6 Å². The Morgan fingerprint density at radius 3 is 2.35 bits per heavy atom. The summed E-state index contributed by atoms with van der Waals surface area (Å²) in [5.41, 5.74) is 1.92. The van der Waals surface area contributed by atoms with Gasteiger partial charge in [0.1, 0.15) is 6.61 Å². The minimum Gasteiger partial charge on any atom is -0.445 e. The third kappa shape index (κ3) is 5.10. The van der Waals surface area contributed by atoms with Crippen LogP contribution in [0.25, 0.3) is 0 Å². The Morgan fingerprint density at radius 2 is 1.74 bits per heavy atom. The first-order valence-corrected chi connectivity index (χ1v) is 7.21. The molecular weight excluding hydrogens is 296 g/mol. The molecule has 2 aromatic rings. The highest BCUT2D eigenvalue weighted by Gasteiger charge is 2.11. The lowest BCUT2D eigenvalue weighted by atomic mass is 10.1. The zero-order chi connectivity index (χ0) is 16.7. The van der Waals surface area contributed by atoms with E-state index in [2.05, 4.69) is 0 Å². The molecule has 0 aliphatic rings. The number of hydrogen-bond donors (Lipinski definition) is 0. The molecule has 0 aliphatic heterocycles. The number of rotatable bonds is 6. The summed E-state index contributed by atoms with van der Waals surface area (Å²) < 4.78 is 5.23. The number of carbonyl (C=O) groups is 1. The van der Waals surface area contributed by atoms with Crippen molar-refractivity contribution in [3.63, 3.8) is 0 Å². The van der Waals surface area contributed by atoms with E-state index in [-0.39, 0.29) is 12.3 Å². The van der Waals surface area contributed by atoms with E-state index in [0.717, 1.165) is 11.1 Å². The Bertz CT molecular complexity index is 656. The maximum Gasteiger partial charge on any atom is 0.409 e. The summed E-state index contributed by atoms with van der Waals surface area (Å²) in [5.74, 6) is 0. The number of ether oxygens (including phenoxy) is 1. The summed E-state index contributed by atoms with van der Waals surface area (Å²) >= 11 is 0. The molecule has 0 aliphatic carbocycles. The number of nitro groups is 1. The van der Waals surface area contributed by atoms with Crippen molar-refractivity contribution in [1.29, 1.82) is 0 Å². The number of hydrogen-bond acceptors (Lipinski definition) is 4. The number of likely N-dealkylation sites (N-methyl/N-ethyl adjacent to an activating group) is 1. The van der Waals surface area contributed by atoms with Gasteiger partial charge in [0.15, 0.2) is 0 Å². The summed E-state index contributed by atoms with van der Waals surface area (Å²) in [6.45, 7) is 0.715. The lowest BCUT2D eigenvalue weighted by Gasteiger charge is -2.17. The van der Waals surface area contributed by atoms with Crippen molar-refractivity contribution in [2.24, 2.45) is 0 Å². The zero-order valence-electron chi connectivity index (χ0n) is 12.8. The van der Waals surface area contributed by atoms with Gasteiger partial charge in [-0.25, -0.2) is 4.79 Å². The molecule has 0 fully saturated rings. The molecule has 0 radical (unpaired) electrons. The number of carbonyl (C=O) groups excluding carboxylic acids is 1. The molecule has 0 atom stereocenters. The number of non-ortho nitro benzene ring substituents is 1. The molecule has 0 saturated heterocycles. The summed E-state index contributed by atoms with van der Waals surface area (Å²) in [6.07, 6.45) is 0.213. The quantitative estimate of drug-likeness (QED) is 0.605. The van der Waals surface area contributed by atoms with Crippen molar-refractivity contribution in [2.45, 2.75) is 13.0 Å². The monoisotopic (exact) mass is 314 g/mol. The second-order valence-corrected chi connectivity index (χ2v) is 5.14. The van der Waals surface area contributed by atoms with E-state index in [1.807, 2.05) is 30.3 Å². The van der Waals surface area contributed by atoms with Crippen LogP contribution in [0.5, 0.6) is 0 Å². The fourth-order valence-corrected chi connectivity index (χ4v) is 2.00. The summed E-state index contributed by atoms with van der Waals surface area (Å²) in [7, 11) is 1.67. The van der Waals surface area contributed by atoms with Crippen LogP contribution in [0.4, 0.5) is 10.5 Å². The van der Waals surface area contributed by atoms with Gasteiger partial charge in [-0.1, -0.05) is 42.5 Å². The molecule has 0 N–H and O–H groups in total. The van der Waals surface area contributed by atoms with Crippen molar-refractivity contribution in [1.82, 2.24) is 4.90 Å². The molecule has 0 saturated carbocycles. The summed E-state index contributed by atoms with van der Waals surface area (Å²) in [6, 6.07) is 15.8. The predicted molar refractivity (Wildman–Crippen MR) is 86.1 cm³/mol. The Labute approximate surface area is 134 Å². The molecule has 0 spiro atoms. The smallest absolute Gasteiger partial charge is 0.409 e. The third-order valence-electron chi connectivity index (χ3n) is 3.40. The Morgan fingerprint density at radius 1 is 1.09 bits per heavy atom. The SMILES string of the molecule is CN(CCc1ccc([N+](=O)[O-])cc1)C(=O)OCc1ccccc1. The van der Waals surface area contributed by atoms with Gasteiger partial charge < -0.3 is 9.64 Å². The largest absolute Gasteiger partial charge is 0.445 e. The normalized spacial score (nSPS) is 10.1. The van der Waals surface area contributed by atoms with Crippen molar-refractivity contribution in [3.8, 4) is 0 Å². The van der Waals surface area contributed by atoms with Crippen LogP contribution in [0.3, 0.4) is 0 Å². The zero-order valence-corrected chi connectivity index (χ0v) is 12.8. The fraction of sp³-hybridized carbons (Fsp3) is 0.235. The van der Waals surface area contributed by atoms with Gasteiger partial charge in [0.25, 0.3) is 5.69 Å². The van der Waals surface area contributed by atoms with Crippen LogP contribution in [0.2, 0.25) is 0 Å². The van der Waals surface area contributed by atoms with Crippen LogP contribution >= 0.6 is 0 Å². The van der Waals surface area contributed by atoms with Gasteiger partial charge in [-0.3, -0.25) is 10.1 Å². The van der Waals surface area contributed by atoms with Crippen LogP contribution in [-0.2, 0) is 17.8 Å². The maximum atomic E-state index is 11.9. The van der Waals surface area contributed by atoms with Crippen LogP contribution in [-0.4, -0.2) is 29.5 Å². The van der Waals surface area contributed by atoms with Gasteiger partial charge >= 0.3 is 6.09 Å². The lowest BCUT2D eigenvalue weighted by Crippen LogP contribution is -2.29. The number of nitrogens with zero attached hydrogens (tertiary/aromatic N) is 2. The maximum absolute atomic E-state index is 11.9. The highest BCUT2D eigenvalue weighted by atomic mass is 16.6. The standard InChI is InChI=1S/C17H18N2O4/c1-18(17(20)23-13-15-5-3-2-4-6-15)12-11-14-7-9-16(10-8-14)19(21)22/h2-10H,11-13H2,1H3. The lowest BCUT2D eigenvalue weighted by molar-refractivity contribution is -0.384. The first-order valence-electron chi connectivity index (χ1n) is 7.21. The second kappa shape index (κ2) is 7.93. The molecule has 0 heterocycles. The molecule has 6 heteroatoms. The summed E-state index contributed by atoms with van der Waals surface area (Å²) in [4.78, 5) is 23.5. The first-order chi connectivity index (χ1) is 11.1. The van der Waals surface area contributed by atoms with Gasteiger partial charge in [0.05, 0.1) is 4.92 Å². The minimum absolute atomic E-state index is 0.0596. The number of nitro benzene ring substituents is 1. The molecular formula is C17H18N2O4. The third-order valence-corrected chi connectivity index (χ3v) is 3.40. The van der Waals surface area contributed by atoms with Crippen molar-refractivity contribution >= 4 is 11.8 Å². The van der Waals surface area contributed by atoms with Crippen LogP contribution in [0, 0.1) is 10.1 Å². The average Bonchev–Trinajstić information content (AvgIpc) is 2.58. The van der Waals surface area contributed by atoms with Gasteiger partial charge in [0.2, 0.25) is 0 Å². The Balaban J connectivity index is 1.78. The Hall–Kier alpha value is -2.89. The van der Waals surface area contributed by atoms with Crippen molar-refractivity contribution in [3.05, 3.63) is 75.8 Å². The molecule has 0 unspecified atom stereocenters. The van der Waals surface area contributed by atoms with E-state index >= 15 is 0 Å². The highest BCUT2D eigenvalue weighted by Crippen LogP contribution is 2.12. The molecule has 120 valence electrons. The van der Waals surface area contributed by atoms with Crippen LogP contribution in [0.15, 0.2) is 54.6 Å². The van der Waals surface area contributed by atoms with Crippen LogP contribution in [0.1, 0.15) is 11.1 Å². The number of amides is 1. The summed E-state index contributed by atoms with van der Waals surface area (Å²) in [5, 5.41) is 10.6. The number of benzene rings is 2. The van der Waals surface area contributed by atoms with E-state index < -0.39 is 11.0 Å². The topological polar surface area (TPSA) is 72.7 Å². The van der Waals surface area contributed by atoms with Gasteiger partial charge in [0, 0.05) is 25.7 Å². The molecule has 23 heavy (non-hydrogen) atoms. The molecule has 2 rings (SSSR count). The molecule has 2 aromatic carbocycles. The minimum atomic E-state index is -0.434. The van der Waals surface area contributed by atoms with Gasteiger partial charge in [-0.15, -0.1) is 0 Å². The van der Waals surface area contributed by atoms with Gasteiger partial charge in [-0.05, 0) is 17.5 Å². The average molecular weight is 314 g/mol. The fourth-order valence-electron chi connectivity index (χ4n) is 2.00. The van der Waals surface area contributed by atoms with Gasteiger partial charge in [-0.2, -0.15) is 0 Å². The molecule has 6 nitrogen and oxygen atoms in total. The van der Waals surface area contributed by atoms with E-state index in [1.54, 1.807) is 19.2 Å². The van der Waals surface area contributed by atoms with E-state index in [0.29, 0.717) is 13.0 Å². The molecule has 0 aromatic heterocycles. The molecule has 0 bridgehead atoms. The predicted octanol–water partition coefficient (Wildman–Crippen LogP) is 3.41. The highest BCUT2D eigenvalue weighted by molar-refractivity contribution is 5.67. The first kappa shape index (κ1) is 16.5. The van der Waals surface area contributed by atoms with Crippen molar-refractivity contribution < 1.29 is 14.5 Å². The second-order valence-electron chi connectivity index (χ2n) is 5.14. The Kier molecular flexibility index (Phi) is 5.68. The van der Waals surface area contributed by atoms with E-state index in [9.17, 15) is 14.9 Å².